The molecule has 1 unspecified atom stereocenters. The molecular formula is C18H27NO. The highest BCUT2D eigenvalue weighted by Gasteiger charge is 2.30. The van der Waals surface area contributed by atoms with E-state index in [1.807, 2.05) is 0 Å². The average molecular weight is 273 g/mol. The van der Waals surface area contributed by atoms with Crippen LogP contribution in [0.15, 0.2) is 24.3 Å². The van der Waals surface area contributed by atoms with E-state index >= 15 is 0 Å². The van der Waals surface area contributed by atoms with E-state index in [0.29, 0.717) is 17.4 Å². The first-order valence-corrected chi connectivity index (χ1v) is 8.06. The fourth-order valence-electron chi connectivity index (χ4n) is 3.23. The highest BCUT2D eigenvalue weighted by atomic mass is 16.5. The summed E-state index contributed by atoms with van der Waals surface area (Å²) >= 11 is 0. The highest BCUT2D eigenvalue weighted by Crippen LogP contribution is 2.42. The summed E-state index contributed by atoms with van der Waals surface area (Å²) in [7, 11) is 0. The van der Waals surface area contributed by atoms with Crippen molar-refractivity contribution < 1.29 is 4.74 Å². The van der Waals surface area contributed by atoms with Crippen LogP contribution in [0.25, 0.3) is 0 Å². The van der Waals surface area contributed by atoms with Gasteiger partial charge in [0.25, 0.3) is 0 Å². The highest BCUT2D eigenvalue weighted by molar-refractivity contribution is 5.31. The molecule has 3 rings (SSSR count). The minimum absolute atomic E-state index is 0.161. The Labute approximate surface area is 122 Å². The zero-order valence-corrected chi connectivity index (χ0v) is 12.8. The quantitative estimate of drug-likeness (QED) is 0.880. The van der Waals surface area contributed by atoms with E-state index in [1.165, 1.54) is 44.1 Å². The van der Waals surface area contributed by atoms with Gasteiger partial charge in [-0.25, -0.2) is 0 Å². The van der Waals surface area contributed by atoms with E-state index in [2.05, 4.69) is 38.1 Å². The molecular weight excluding hydrogens is 246 g/mol. The van der Waals surface area contributed by atoms with Gasteiger partial charge >= 0.3 is 0 Å². The Morgan fingerprint density at radius 3 is 2.50 bits per heavy atom. The van der Waals surface area contributed by atoms with E-state index in [0.717, 1.165) is 5.75 Å². The van der Waals surface area contributed by atoms with Gasteiger partial charge in [-0.05, 0) is 67.6 Å². The second kappa shape index (κ2) is 5.40. The molecule has 110 valence electrons. The molecule has 0 heterocycles. The molecule has 0 aromatic heterocycles. The Balaban J connectivity index is 1.65. The molecule has 0 saturated heterocycles. The first-order valence-electron chi connectivity index (χ1n) is 8.06. The molecule has 20 heavy (non-hydrogen) atoms. The molecule has 2 fully saturated rings. The van der Waals surface area contributed by atoms with Crippen LogP contribution in [-0.4, -0.2) is 6.10 Å². The minimum atomic E-state index is 0.161. The van der Waals surface area contributed by atoms with Crippen LogP contribution in [0, 0.1) is 11.3 Å². The molecule has 2 aliphatic carbocycles. The van der Waals surface area contributed by atoms with Gasteiger partial charge in [-0.2, -0.15) is 0 Å². The third-order valence-corrected chi connectivity index (χ3v) is 4.96. The van der Waals surface area contributed by atoms with Crippen molar-refractivity contribution in [2.24, 2.45) is 17.1 Å². The van der Waals surface area contributed by atoms with Gasteiger partial charge in [0.1, 0.15) is 5.75 Å². The van der Waals surface area contributed by atoms with E-state index in [4.69, 9.17) is 10.5 Å². The Kier molecular flexibility index (Phi) is 3.76. The third kappa shape index (κ3) is 3.35. The van der Waals surface area contributed by atoms with Crippen LogP contribution in [0.5, 0.6) is 5.75 Å². The van der Waals surface area contributed by atoms with Gasteiger partial charge in [-0.15, -0.1) is 0 Å². The standard InChI is InChI=1S/C18H27NO/c1-18(2)10-8-13(9-11-18)17(19)14-4-3-5-16(12-14)20-15-6-7-15/h3-5,12-13,15,17H,6-11,19H2,1-2H3. The first kappa shape index (κ1) is 13.9. The van der Waals surface area contributed by atoms with Crippen LogP contribution in [0.4, 0.5) is 0 Å². The van der Waals surface area contributed by atoms with Crippen molar-refractivity contribution in [2.45, 2.75) is 64.5 Å². The van der Waals surface area contributed by atoms with Gasteiger partial charge in [0.05, 0.1) is 6.10 Å². The van der Waals surface area contributed by atoms with Crippen molar-refractivity contribution in [2.75, 3.05) is 0 Å². The summed E-state index contributed by atoms with van der Waals surface area (Å²) in [6.45, 7) is 4.75. The second-order valence-electron chi connectivity index (χ2n) is 7.42. The third-order valence-electron chi connectivity index (χ3n) is 4.96. The van der Waals surface area contributed by atoms with E-state index in [9.17, 15) is 0 Å². The van der Waals surface area contributed by atoms with Crippen LogP contribution in [0.2, 0.25) is 0 Å². The number of ether oxygens (including phenoxy) is 1. The van der Waals surface area contributed by atoms with Gasteiger partial charge in [-0.3, -0.25) is 0 Å². The van der Waals surface area contributed by atoms with Gasteiger partial charge in [0, 0.05) is 6.04 Å². The lowest BCUT2D eigenvalue weighted by Gasteiger charge is -2.37. The molecule has 2 heteroatoms. The lowest BCUT2D eigenvalue weighted by atomic mass is 9.70. The number of hydrogen-bond acceptors (Lipinski definition) is 2. The number of benzene rings is 1. The number of hydrogen-bond donors (Lipinski definition) is 1. The Morgan fingerprint density at radius 2 is 1.85 bits per heavy atom. The maximum absolute atomic E-state index is 6.52. The van der Waals surface area contributed by atoms with Crippen LogP contribution in [0.3, 0.4) is 0 Å². The van der Waals surface area contributed by atoms with E-state index < -0.39 is 0 Å². The monoisotopic (exact) mass is 273 g/mol. The maximum Gasteiger partial charge on any atom is 0.120 e. The molecule has 0 spiro atoms. The largest absolute Gasteiger partial charge is 0.490 e. The van der Waals surface area contributed by atoms with E-state index in [1.54, 1.807) is 0 Å². The Morgan fingerprint density at radius 1 is 1.15 bits per heavy atom. The lowest BCUT2D eigenvalue weighted by molar-refractivity contribution is 0.173. The van der Waals surface area contributed by atoms with Crippen molar-refractivity contribution >= 4 is 0 Å². The molecule has 0 radical (unpaired) electrons. The maximum atomic E-state index is 6.52. The van der Waals surface area contributed by atoms with Gasteiger partial charge < -0.3 is 10.5 Å². The number of rotatable bonds is 4. The van der Waals surface area contributed by atoms with Crippen molar-refractivity contribution in [3.05, 3.63) is 29.8 Å². The summed E-state index contributed by atoms with van der Waals surface area (Å²) in [5, 5.41) is 0. The van der Waals surface area contributed by atoms with Crippen molar-refractivity contribution in [3.8, 4) is 5.75 Å². The molecule has 1 aromatic carbocycles. The molecule has 1 atom stereocenters. The van der Waals surface area contributed by atoms with Crippen LogP contribution in [-0.2, 0) is 0 Å². The van der Waals surface area contributed by atoms with Crippen LogP contribution >= 0.6 is 0 Å². The summed E-state index contributed by atoms with van der Waals surface area (Å²) in [5.41, 5.74) is 8.27. The van der Waals surface area contributed by atoms with Gasteiger partial charge in [0.2, 0.25) is 0 Å². The fraction of sp³-hybridized carbons (Fsp3) is 0.667. The normalized spacial score (nSPS) is 24.4. The Hall–Kier alpha value is -1.02. The summed E-state index contributed by atoms with van der Waals surface area (Å²) in [6, 6.07) is 8.61. The zero-order valence-electron chi connectivity index (χ0n) is 12.8. The average Bonchev–Trinajstić information content (AvgIpc) is 3.22. The first-order chi connectivity index (χ1) is 9.53. The summed E-state index contributed by atoms with van der Waals surface area (Å²) < 4.78 is 5.88. The molecule has 0 bridgehead atoms. The predicted molar refractivity (Wildman–Crippen MR) is 82.8 cm³/mol. The fourth-order valence-corrected chi connectivity index (χ4v) is 3.23. The Bertz CT molecular complexity index is 454. The molecule has 0 aliphatic heterocycles. The smallest absolute Gasteiger partial charge is 0.120 e. The molecule has 1 aromatic rings. The molecule has 0 amide bonds. The predicted octanol–water partition coefficient (Wildman–Crippen LogP) is 4.44. The zero-order chi connectivity index (χ0) is 14.2. The summed E-state index contributed by atoms with van der Waals surface area (Å²) in [5.74, 6) is 1.62. The van der Waals surface area contributed by atoms with Gasteiger partial charge in [-0.1, -0.05) is 26.0 Å². The molecule has 2 nitrogen and oxygen atoms in total. The van der Waals surface area contributed by atoms with Crippen molar-refractivity contribution in [1.29, 1.82) is 0 Å². The minimum Gasteiger partial charge on any atom is -0.490 e. The second-order valence-corrected chi connectivity index (χ2v) is 7.42. The van der Waals surface area contributed by atoms with E-state index in [-0.39, 0.29) is 6.04 Å². The summed E-state index contributed by atoms with van der Waals surface area (Å²) in [6.07, 6.45) is 7.95. The van der Waals surface area contributed by atoms with Gasteiger partial charge in [0.15, 0.2) is 0 Å². The molecule has 2 aliphatic rings. The molecule has 2 N–H and O–H groups in total. The molecule has 2 saturated carbocycles. The van der Waals surface area contributed by atoms with Crippen LogP contribution < -0.4 is 10.5 Å². The summed E-state index contributed by atoms with van der Waals surface area (Å²) in [4.78, 5) is 0. The number of nitrogens with two attached hydrogens (primary N) is 1. The lowest BCUT2D eigenvalue weighted by Crippen LogP contribution is -2.29. The van der Waals surface area contributed by atoms with Crippen molar-refractivity contribution in [1.82, 2.24) is 0 Å². The van der Waals surface area contributed by atoms with Crippen LogP contribution in [0.1, 0.15) is 64.0 Å². The van der Waals surface area contributed by atoms with Crippen molar-refractivity contribution in [3.63, 3.8) is 0 Å². The topological polar surface area (TPSA) is 35.2 Å². The SMILES string of the molecule is CC1(C)CCC(C(N)c2cccc(OC3CC3)c2)CC1.